The van der Waals surface area contributed by atoms with Gasteiger partial charge in [0.05, 0.1) is 5.69 Å². The van der Waals surface area contributed by atoms with E-state index in [4.69, 9.17) is 0 Å². The van der Waals surface area contributed by atoms with Gasteiger partial charge in [-0.1, -0.05) is 26.7 Å². The molecule has 0 aromatic carbocycles. The number of hydrogen-bond donors (Lipinski definition) is 1. The van der Waals surface area contributed by atoms with Gasteiger partial charge in [0, 0.05) is 25.3 Å². The highest BCUT2D eigenvalue weighted by Crippen LogP contribution is 2.03. The van der Waals surface area contributed by atoms with Crippen LogP contribution in [0.5, 0.6) is 0 Å². The molecule has 0 aliphatic rings. The van der Waals surface area contributed by atoms with E-state index in [0.717, 1.165) is 19.5 Å². The third kappa shape index (κ3) is 4.35. The van der Waals surface area contributed by atoms with Gasteiger partial charge < -0.3 is 5.32 Å². The Morgan fingerprint density at radius 3 is 2.88 bits per heavy atom. The molecule has 0 bridgehead atoms. The van der Waals surface area contributed by atoms with E-state index in [1.165, 1.54) is 25.0 Å². The molecule has 0 amide bonds. The maximum atomic E-state index is 4.32. The molecule has 0 fully saturated rings. The van der Waals surface area contributed by atoms with E-state index in [1.807, 2.05) is 6.20 Å². The van der Waals surface area contributed by atoms with Gasteiger partial charge in [-0.3, -0.25) is 4.68 Å². The van der Waals surface area contributed by atoms with Crippen LogP contribution in [0.25, 0.3) is 0 Å². The second kappa shape index (κ2) is 7.44. The number of hydrogen-bond acceptors (Lipinski definition) is 2. The lowest BCUT2D eigenvalue weighted by Crippen LogP contribution is -2.26. The van der Waals surface area contributed by atoms with Gasteiger partial charge >= 0.3 is 0 Å². The van der Waals surface area contributed by atoms with E-state index in [0.29, 0.717) is 6.04 Å². The average Bonchev–Trinajstić information content (AvgIpc) is 2.72. The lowest BCUT2D eigenvalue weighted by atomic mass is 10.1. The molecule has 0 saturated heterocycles. The van der Waals surface area contributed by atoms with Crippen LogP contribution in [0.4, 0.5) is 0 Å². The van der Waals surface area contributed by atoms with Crippen molar-refractivity contribution in [2.24, 2.45) is 0 Å². The van der Waals surface area contributed by atoms with E-state index >= 15 is 0 Å². The average molecular weight is 223 g/mol. The molecule has 3 heteroatoms. The van der Waals surface area contributed by atoms with Gasteiger partial charge in [-0.2, -0.15) is 5.10 Å². The molecule has 0 saturated carbocycles. The highest BCUT2D eigenvalue weighted by molar-refractivity contribution is 5.00. The number of rotatable bonds is 8. The number of nitrogens with one attached hydrogen (secondary N) is 1. The van der Waals surface area contributed by atoms with Gasteiger partial charge in [0.15, 0.2) is 0 Å². The van der Waals surface area contributed by atoms with Crippen molar-refractivity contribution in [2.75, 3.05) is 0 Å². The molecule has 1 atom stereocenters. The first-order chi connectivity index (χ1) is 7.77. The Balaban J connectivity index is 2.32. The fraction of sp³-hybridized carbons (Fsp3) is 0.769. The second-order valence-electron chi connectivity index (χ2n) is 4.47. The smallest absolute Gasteiger partial charge is 0.0522 e. The van der Waals surface area contributed by atoms with Crippen LogP contribution in [-0.4, -0.2) is 15.8 Å². The van der Waals surface area contributed by atoms with Crippen molar-refractivity contribution in [3.8, 4) is 0 Å². The Morgan fingerprint density at radius 1 is 1.38 bits per heavy atom. The Bertz CT molecular complexity index is 280. The Labute approximate surface area is 99.2 Å². The van der Waals surface area contributed by atoms with Crippen LogP contribution >= 0.6 is 0 Å². The maximum absolute atomic E-state index is 4.32. The molecule has 0 aliphatic carbocycles. The number of unbranched alkanes of at least 4 members (excludes halogenated alkanes) is 1. The Morgan fingerprint density at radius 2 is 2.19 bits per heavy atom. The summed E-state index contributed by atoms with van der Waals surface area (Å²) in [7, 11) is 0. The summed E-state index contributed by atoms with van der Waals surface area (Å²) in [5.41, 5.74) is 1.30. The van der Waals surface area contributed by atoms with Crippen LogP contribution in [-0.2, 0) is 13.1 Å². The molecule has 0 aliphatic heterocycles. The third-order valence-electron chi connectivity index (χ3n) is 2.86. The summed E-state index contributed by atoms with van der Waals surface area (Å²) < 4.78 is 2.10. The topological polar surface area (TPSA) is 29.9 Å². The molecule has 0 radical (unpaired) electrons. The van der Waals surface area contributed by atoms with Crippen LogP contribution < -0.4 is 5.32 Å². The monoisotopic (exact) mass is 223 g/mol. The van der Waals surface area contributed by atoms with Gasteiger partial charge in [0.1, 0.15) is 0 Å². The SMILES string of the molecule is CCCCC(C)NCc1ccnn1CCC. The summed E-state index contributed by atoms with van der Waals surface area (Å²) >= 11 is 0. The first-order valence-electron chi connectivity index (χ1n) is 6.52. The van der Waals surface area contributed by atoms with Gasteiger partial charge in [-0.05, 0) is 25.8 Å². The summed E-state index contributed by atoms with van der Waals surface area (Å²) in [6.45, 7) is 8.64. The number of aromatic nitrogens is 2. The summed E-state index contributed by atoms with van der Waals surface area (Å²) in [6.07, 6.45) is 6.88. The van der Waals surface area contributed by atoms with Crippen molar-refractivity contribution in [3.05, 3.63) is 18.0 Å². The molecule has 1 rings (SSSR count). The predicted octanol–water partition coefficient (Wildman–Crippen LogP) is 2.96. The molecule has 0 spiro atoms. The van der Waals surface area contributed by atoms with Gasteiger partial charge in [0.25, 0.3) is 0 Å². The predicted molar refractivity (Wildman–Crippen MR) is 68.3 cm³/mol. The van der Waals surface area contributed by atoms with E-state index in [9.17, 15) is 0 Å². The fourth-order valence-electron chi connectivity index (χ4n) is 1.81. The molecule has 3 nitrogen and oxygen atoms in total. The van der Waals surface area contributed by atoms with E-state index < -0.39 is 0 Å². The van der Waals surface area contributed by atoms with Crippen LogP contribution in [0, 0.1) is 0 Å². The number of aryl methyl sites for hydroxylation is 1. The summed E-state index contributed by atoms with van der Waals surface area (Å²) in [4.78, 5) is 0. The van der Waals surface area contributed by atoms with E-state index in [1.54, 1.807) is 0 Å². The van der Waals surface area contributed by atoms with Crippen LogP contribution in [0.2, 0.25) is 0 Å². The molecule has 92 valence electrons. The van der Waals surface area contributed by atoms with Crippen molar-refractivity contribution >= 4 is 0 Å². The van der Waals surface area contributed by atoms with Gasteiger partial charge in [-0.25, -0.2) is 0 Å². The molecular weight excluding hydrogens is 198 g/mol. The second-order valence-corrected chi connectivity index (χ2v) is 4.47. The molecule has 1 unspecified atom stereocenters. The summed E-state index contributed by atoms with van der Waals surface area (Å²) in [5.74, 6) is 0. The fourth-order valence-corrected chi connectivity index (χ4v) is 1.81. The quantitative estimate of drug-likeness (QED) is 0.734. The van der Waals surface area contributed by atoms with Crippen molar-refractivity contribution < 1.29 is 0 Å². The summed E-state index contributed by atoms with van der Waals surface area (Å²) in [6, 6.07) is 2.71. The van der Waals surface area contributed by atoms with Crippen molar-refractivity contribution in [2.45, 2.75) is 65.6 Å². The zero-order chi connectivity index (χ0) is 11.8. The zero-order valence-electron chi connectivity index (χ0n) is 10.9. The molecular formula is C13H25N3. The van der Waals surface area contributed by atoms with Crippen molar-refractivity contribution in [3.63, 3.8) is 0 Å². The maximum Gasteiger partial charge on any atom is 0.0522 e. The standard InChI is InChI=1S/C13H25N3/c1-4-6-7-12(3)14-11-13-8-9-15-16(13)10-5-2/h8-9,12,14H,4-7,10-11H2,1-3H3. The minimum Gasteiger partial charge on any atom is -0.309 e. The largest absolute Gasteiger partial charge is 0.309 e. The normalized spacial score (nSPS) is 12.9. The lowest BCUT2D eigenvalue weighted by Gasteiger charge is -2.14. The van der Waals surface area contributed by atoms with Gasteiger partial charge in [-0.15, -0.1) is 0 Å². The molecule has 1 heterocycles. The van der Waals surface area contributed by atoms with Crippen molar-refractivity contribution in [1.29, 1.82) is 0 Å². The molecule has 1 N–H and O–H groups in total. The van der Waals surface area contributed by atoms with Gasteiger partial charge in [0.2, 0.25) is 0 Å². The van der Waals surface area contributed by atoms with E-state index in [2.05, 4.69) is 41.9 Å². The highest BCUT2D eigenvalue weighted by Gasteiger charge is 2.04. The zero-order valence-corrected chi connectivity index (χ0v) is 10.9. The Hall–Kier alpha value is -0.830. The minimum atomic E-state index is 0.602. The third-order valence-corrected chi connectivity index (χ3v) is 2.86. The Kier molecular flexibility index (Phi) is 6.16. The van der Waals surface area contributed by atoms with Crippen LogP contribution in [0.3, 0.4) is 0 Å². The van der Waals surface area contributed by atoms with E-state index in [-0.39, 0.29) is 0 Å². The number of nitrogens with zero attached hydrogens (tertiary/aromatic N) is 2. The van der Waals surface area contributed by atoms with Crippen LogP contribution in [0.1, 0.15) is 52.1 Å². The molecule has 1 aromatic rings. The first-order valence-corrected chi connectivity index (χ1v) is 6.52. The van der Waals surface area contributed by atoms with Crippen LogP contribution in [0.15, 0.2) is 12.3 Å². The first kappa shape index (κ1) is 13.2. The minimum absolute atomic E-state index is 0.602. The van der Waals surface area contributed by atoms with Crippen molar-refractivity contribution in [1.82, 2.24) is 15.1 Å². The lowest BCUT2D eigenvalue weighted by molar-refractivity contribution is 0.473. The molecule has 1 aromatic heterocycles. The summed E-state index contributed by atoms with van der Waals surface area (Å²) in [5, 5.41) is 7.88. The molecule has 16 heavy (non-hydrogen) atoms. The highest BCUT2D eigenvalue weighted by atomic mass is 15.3.